The molecular formula is C150H248. The summed E-state index contributed by atoms with van der Waals surface area (Å²) in [7, 11) is 0. The minimum absolute atomic E-state index is 0.856. The molecule has 0 aliphatic heterocycles. The molecule has 0 heterocycles. The van der Waals surface area contributed by atoms with Crippen molar-refractivity contribution in [1.29, 1.82) is 0 Å². The highest BCUT2D eigenvalue weighted by Crippen LogP contribution is 2.70. The van der Waals surface area contributed by atoms with Crippen LogP contribution in [0.3, 0.4) is 0 Å². The zero-order valence-electron chi connectivity index (χ0n) is 99.5. The highest BCUT2D eigenvalue weighted by Gasteiger charge is 2.61. The van der Waals surface area contributed by atoms with E-state index in [2.05, 4.69) is 140 Å². The molecule has 0 aromatic heterocycles. The van der Waals surface area contributed by atoms with Crippen molar-refractivity contribution in [1.82, 2.24) is 0 Å². The fourth-order valence-corrected chi connectivity index (χ4v) is 32.8. The largest absolute Gasteiger partial charge is 0.0885 e. The fraction of sp³-hybridized carbons (Fsp3) is 0.827. The van der Waals surface area contributed by atoms with Crippen molar-refractivity contribution in [3.8, 4) is 0 Å². The summed E-state index contributed by atoms with van der Waals surface area (Å²) in [4.78, 5) is 0. The number of rotatable bonds is 0. The van der Waals surface area contributed by atoms with E-state index >= 15 is 0 Å². The third-order valence-corrected chi connectivity index (χ3v) is 43.9. The molecule has 35 aliphatic rings. The topological polar surface area (TPSA) is 0 Å². The Morgan fingerprint density at radius 2 is 0.473 bits per heavy atom. The Morgan fingerprint density at radius 3 is 0.693 bits per heavy atom. The van der Waals surface area contributed by atoms with E-state index in [1.54, 1.807) is 222 Å². The molecular weight excluding hydrogens is 1800 g/mol. The van der Waals surface area contributed by atoms with Crippen LogP contribution < -0.4 is 0 Å². The molecule has 11 atom stereocenters. The van der Waals surface area contributed by atoms with Gasteiger partial charge in [-0.25, -0.2) is 0 Å². The molecule has 1 aromatic carbocycles. The van der Waals surface area contributed by atoms with Crippen molar-refractivity contribution >= 4 is 0 Å². The zero-order valence-corrected chi connectivity index (χ0v) is 99.5. The third-order valence-electron chi connectivity index (χ3n) is 43.9. The minimum atomic E-state index is 0.856. The first-order valence-corrected chi connectivity index (χ1v) is 70.2. The summed E-state index contributed by atoms with van der Waals surface area (Å²) in [5, 5.41) is 0. The summed E-state index contributed by atoms with van der Waals surface area (Å²) < 4.78 is 0. The normalized spacial score (nSPS) is 35.4. The Labute approximate surface area is 934 Å². The van der Waals surface area contributed by atoms with Crippen molar-refractivity contribution in [2.75, 3.05) is 0 Å². The molecule has 0 saturated heterocycles. The molecule has 1 aromatic rings. The molecule has 11 unspecified atom stereocenters. The van der Waals surface area contributed by atoms with Gasteiger partial charge in [-0.3, -0.25) is 0 Å². The van der Waals surface area contributed by atoms with E-state index in [9.17, 15) is 0 Å². The van der Waals surface area contributed by atoms with E-state index in [4.69, 9.17) is 0 Å². The average molecular weight is 2050 g/mol. The Morgan fingerprint density at radius 1 is 0.167 bits per heavy atom. The van der Waals surface area contributed by atoms with Gasteiger partial charge in [0.25, 0.3) is 0 Å². The molecule has 150 heavy (non-hydrogen) atoms. The minimum Gasteiger partial charge on any atom is -0.0885 e. The highest BCUT2D eigenvalue weighted by atomic mass is 14.7. The summed E-state index contributed by atoms with van der Waals surface area (Å²) in [6, 6.07) is 8.80. The predicted octanol–water partition coefficient (Wildman–Crippen LogP) is 48.7. The monoisotopic (exact) mass is 2050 g/mol. The number of fused-ring (bicyclic) bond motifs is 15. The molecule has 0 nitrogen and oxygen atoms in total. The summed E-state index contributed by atoms with van der Waals surface area (Å²) in [5.41, 5.74) is 4.83. The lowest BCUT2D eigenvalue weighted by molar-refractivity contribution is -0.191. The van der Waals surface area contributed by atoms with Crippen LogP contribution in [0.1, 0.15) is 647 Å². The van der Waals surface area contributed by atoms with Gasteiger partial charge in [-0.1, -0.05) is 588 Å². The molecule has 0 heteroatoms. The van der Waals surface area contributed by atoms with E-state index in [0.29, 0.717) is 0 Å². The standard InChI is InChI=1S/C10H18.C10H12.C9H16.C9H14.C8H14.C8H10.C8H14.C8H16.C7H10.C7H12.C7H10.C7H14.C6H10.C6H12.C6H10.2C6H8.C5H8.C5H10.C5H8.C4H8.C3H6/c2*1-2-6-10-8-4-3-7-9(10)5-1;2*1-2-5-9-7-3-6-8(9)4-1;2*1-3-7-5-2-6-8(7)4-1;1-2-8-5-3-7(1)4-6-8;1-2-4-6-8-7-5-3-1;1-4-2-6-3-5(1)7(4)6;2*1-2-7-4-3-6(1)5-7;1-2-4-6-7-5-3-1;1-2-5-4-6(5)3-1;4*1-2-4-6-5-3-1;1-2-5-3-4(1)5;2*1-2-4-5-3-1;1-2-4-3-1;1-2-3-1/h9-10H,1-8H2;1-2,5-6H,3-4,7-8H2;8-9H,1-7H2;3,6,8-9H,1-2,4-5,7H2;7-8H,1-6H2;1,3-4,7H,2,5-6H2;7-8H,1-6H2;1-8H2;4-7H,1-3H2;6-7H,1-5H2;1-2,6-7H,3-5H2;1-7H2;5-6H,1-4H2;1-6H2;1-2H,3-6H2;1-2,5-6H,3-4H2;1-4H,5-6H2;4-5H,1-3H2;1-5H2;1-2H,3-5H2;1-4H2;1-3H2. The van der Waals surface area contributed by atoms with Gasteiger partial charge in [0, 0.05) is 0 Å². The van der Waals surface area contributed by atoms with Gasteiger partial charge in [-0.15, -0.1) is 0 Å². The molecule has 35 aliphatic carbocycles. The van der Waals surface area contributed by atoms with Crippen molar-refractivity contribution in [2.24, 2.45) is 136 Å². The van der Waals surface area contributed by atoms with Crippen LogP contribution in [-0.4, -0.2) is 0 Å². The Bertz CT molecular complexity index is 3500. The van der Waals surface area contributed by atoms with Crippen LogP contribution in [0, 0.1) is 136 Å². The third kappa shape index (κ3) is 50.7. The maximum Gasteiger partial charge on any atom is -0.00169 e. The maximum absolute atomic E-state index is 2.43. The molecule has 6 bridgehead atoms. The van der Waals surface area contributed by atoms with Gasteiger partial charge in [-0.05, 0) is 353 Å². The molecule has 0 N–H and O–H groups in total. The smallest absolute Gasteiger partial charge is 0.00169 e. The van der Waals surface area contributed by atoms with Crippen LogP contribution in [0.5, 0.6) is 0 Å². The van der Waals surface area contributed by atoms with Gasteiger partial charge in [0.1, 0.15) is 0 Å². The van der Waals surface area contributed by atoms with Crippen molar-refractivity contribution < 1.29 is 0 Å². The average Bonchev–Trinajstić information content (AvgIpc) is 1.52. The Kier molecular flexibility index (Phi) is 62.8. The molecule has 848 valence electrons. The summed E-state index contributed by atoms with van der Waals surface area (Å²) in [5.74, 6) is 26.4. The number of allylic oxidation sites excluding steroid dienone is 20. The first-order chi connectivity index (χ1) is 74.5. The Balaban J connectivity index is 0.000000124. The number of hydrogen-bond acceptors (Lipinski definition) is 0. The second-order valence-electron chi connectivity index (χ2n) is 55.7. The highest BCUT2D eigenvalue weighted by molar-refractivity contribution is 5.30. The van der Waals surface area contributed by atoms with Crippen molar-refractivity contribution in [2.45, 2.75) is 649 Å². The zero-order chi connectivity index (χ0) is 103. The van der Waals surface area contributed by atoms with E-state index in [-0.39, 0.29) is 0 Å². The summed E-state index contributed by atoms with van der Waals surface area (Å²) in [6.45, 7) is 0. The van der Waals surface area contributed by atoms with Crippen LogP contribution in [0.2, 0.25) is 0 Å². The molecule has 0 radical (unpaired) electrons. The van der Waals surface area contributed by atoms with Crippen LogP contribution in [-0.2, 0) is 12.8 Å². The second kappa shape index (κ2) is 77.2. The lowest BCUT2D eigenvalue weighted by Gasteiger charge is -2.68. The second-order valence-corrected chi connectivity index (χ2v) is 55.7. The van der Waals surface area contributed by atoms with Gasteiger partial charge in [0.05, 0.1) is 0 Å². The van der Waals surface area contributed by atoms with Gasteiger partial charge in [-0.2, -0.15) is 0 Å². The number of hydrogen-bond donors (Lipinski definition) is 0. The first kappa shape index (κ1) is 122. The fourth-order valence-electron chi connectivity index (χ4n) is 32.8. The molecule has 36 rings (SSSR count). The molecule has 27 saturated carbocycles. The van der Waals surface area contributed by atoms with Gasteiger partial charge in [0.2, 0.25) is 0 Å². The van der Waals surface area contributed by atoms with Crippen molar-refractivity contribution in [3.63, 3.8) is 0 Å². The SMILES string of the molecule is C1=CC2CCC1C2.C1=CC2CCCC2=C1.C1=CC2CCCCC2C1.C1=CCC=CC1.C1=CCCC1.C1=CCCC=C1.C1=CCCCC1.C1C2CC3CC1C23.C1CC1.C1CC2CC12.C1CC2CC2C1.C1CC2CCC1C2.C1CC2CCC1CC2.C1CC2CCCC2C1.C1CCC1.C1CCC2CCCC2C1.C1CCC2CCCCC2C1.C1CCCC1.C1CCCCC1.C1CCCCCC1.C1CCCCCCC1.c1ccc2c(c1)CCCC2. The van der Waals surface area contributed by atoms with Crippen molar-refractivity contribution in [3.05, 3.63) is 156 Å². The lowest BCUT2D eigenvalue weighted by Crippen LogP contribution is -2.60. The van der Waals surface area contributed by atoms with E-state index in [1.165, 1.54) is 513 Å². The van der Waals surface area contributed by atoms with Gasteiger partial charge < -0.3 is 0 Å². The number of aryl methyl sites for hydroxylation is 2. The quantitative estimate of drug-likeness (QED) is 0.179. The molecule has 27 fully saturated rings. The van der Waals surface area contributed by atoms with E-state index in [0.717, 1.165) is 66.1 Å². The van der Waals surface area contributed by atoms with E-state index in [1.807, 2.05) is 0 Å². The predicted molar refractivity (Wildman–Crippen MR) is 662 cm³/mol. The van der Waals surface area contributed by atoms with E-state index < -0.39 is 0 Å². The van der Waals surface area contributed by atoms with Crippen LogP contribution in [0.25, 0.3) is 0 Å². The molecule has 0 amide bonds. The Hall–Kier alpha value is -3.38. The summed E-state index contributed by atoms with van der Waals surface area (Å²) in [6.07, 6.45) is 193. The molecule has 0 spiro atoms. The van der Waals surface area contributed by atoms with Gasteiger partial charge >= 0.3 is 0 Å². The van der Waals surface area contributed by atoms with Crippen LogP contribution in [0.4, 0.5) is 0 Å². The lowest BCUT2D eigenvalue weighted by atomic mass is 9.37. The maximum atomic E-state index is 2.43. The van der Waals surface area contributed by atoms with Crippen LogP contribution in [0.15, 0.2) is 145 Å². The summed E-state index contributed by atoms with van der Waals surface area (Å²) >= 11 is 0. The first-order valence-electron chi connectivity index (χ1n) is 70.2. The van der Waals surface area contributed by atoms with Gasteiger partial charge in [0.15, 0.2) is 0 Å². The van der Waals surface area contributed by atoms with Crippen LogP contribution >= 0.6 is 0 Å². The number of benzene rings is 1.